The van der Waals surface area contributed by atoms with Gasteiger partial charge in [0.1, 0.15) is 11.7 Å². The number of aliphatic hydroxyl groups excluding tert-OH is 1. The van der Waals surface area contributed by atoms with Gasteiger partial charge in [-0.1, -0.05) is 26.5 Å². The van der Waals surface area contributed by atoms with E-state index >= 15 is 4.79 Å². The van der Waals surface area contributed by atoms with Gasteiger partial charge in [0.15, 0.2) is 0 Å². The van der Waals surface area contributed by atoms with Crippen molar-refractivity contribution in [2.24, 2.45) is 32.7 Å². The van der Waals surface area contributed by atoms with Crippen LogP contribution in [0.3, 0.4) is 0 Å². The molecular weight excluding hydrogens is 767 g/mol. The zero-order valence-electron chi connectivity index (χ0n) is 35.4. The molecule has 1 aliphatic carbocycles. The molecule has 0 spiro atoms. The second-order valence-electron chi connectivity index (χ2n) is 15.5. The van der Waals surface area contributed by atoms with E-state index in [2.05, 4.69) is 32.7 Å². The average Bonchev–Trinajstić information content (AvgIpc) is 4.01. The highest BCUT2D eigenvalue weighted by Gasteiger charge is 2.48. The summed E-state index contributed by atoms with van der Waals surface area (Å²) >= 11 is 0. The SMILES string of the molecule is C=CC1=C(C)C2=NC1=CC1=NC(=CC3=CC4=C(O)[C@H](C(=O)N5CCOCCOCCOCCOCCOCC5)C(=C5NC(=C2)[C@@H](C)[C@@H]5CCC(=O)OC)C4=N3)C(CC)=C1C. The molecule has 0 saturated carbocycles. The highest BCUT2D eigenvalue weighted by molar-refractivity contribution is 6.23. The molecule has 6 aliphatic heterocycles. The summed E-state index contributed by atoms with van der Waals surface area (Å²) in [4.78, 5) is 44.8. The van der Waals surface area contributed by atoms with Crippen LogP contribution in [0.4, 0.5) is 0 Å². The predicted molar refractivity (Wildman–Crippen MR) is 228 cm³/mol. The summed E-state index contributed by atoms with van der Waals surface area (Å²) in [5, 5.41) is 16.0. The number of ether oxygens (including phenoxy) is 6. The Hall–Kier alpha value is -4.99. The number of carbonyl (C=O) groups excluding carboxylic acids is 2. The van der Waals surface area contributed by atoms with Crippen LogP contribution in [0.15, 0.2) is 120 Å². The Morgan fingerprint density at radius 1 is 0.867 bits per heavy atom. The molecule has 320 valence electrons. The molecule has 14 nitrogen and oxygen atoms in total. The summed E-state index contributed by atoms with van der Waals surface area (Å²) in [5.41, 5.74) is 11.0. The van der Waals surface area contributed by atoms with Gasteiger partial charge in [0.2, 0.25) is 5.91 Å². The number of amides is 1. The number of methoxy groups -OCH3 is 1. The lowest BCUT2D eigenvalue weighted by molar-refractivity contribution is -0.141. The fraction of sp³-hybridized carbons (Fsp3) is 0.500. The van der Waals surface area contributed by atoms with Crippen LogP contribution >= 0.6 is 0 Å². The molecule has 2 fully saturated rings. The van der Waals surface area contributed by atoms with Crippen molar-refractivity contribution in [3.63, 3.8) is 0 Å². The molecule has 0 radical (unpaired) electrons. The topological polar surface area (TPSA) is 162 Å². The van der Waals surface area contributed by atoms with E-state index in [0.29, 0.717) is 81.8 Å². The normalized spacial score (nSPS) is 25.8. The summed E-state index contributed by atoms with van der Waals surface area (Å²) in [5.74, 6) is -2.20. The van der Waals surface area contributed by atoms with Crippen LogP contribution in [0.5, 0.6) is 0 Å². The van der Waals surface area contributed by atoms with Gasteiger partial charge in [0.05, 0.1) is 107 Å². The third-order valence-electron chi connectivity index (χ3n) is 12.0. The first kappa shape index (κ1) is 43.1. The smallest absolute Gasteiger partial charge is 0.305 e. The first-order valence-corrected chi connectivity index (χ1v) is 21.0. The van der Waals surface area contributed by atoms with Crippen molar-refractivity contribution < 1.29 is 43.1 Å². The number of esters is 1. The lowest BCUT2D eigenvalue weighted by Crippen LogP contribution is -2.42. The molecule has 7 aliphatic rings. The van der Waals surface area contributed by atoms with Gasteiger partial charge < -0.3 is 43.7 Å². The molecule has 0 aromatic heterocycles. The van der Waals surface area contributed by atoms with E-state index < -0.39 is 5.92 Å². The molecule has 7 rings (SSSR count). The van der Waals surface area contributed by atoms with Crippen molar-refractivity contribution in [2.45, 2.75) is 47.0 Å². The van der Waals surface area contributed by atoms with E-state index in [0.717, 1.165) is 62.9 Å². The third-order valence-corrected chi connectivity index (χ3v) is 12.0. The summed E-state index contributed by atoms with van der Waals surface area (Å²) in [6.07, 6.45) is 11.0. The maximum absolute atomic E-state index is 15.1. The van der Waals surface area contributed by atoms with E-state index in [-0.39, 0.29) is 62.2 Å². The molecule has 0 unspecified atom stereocenters. The maximum atomic E-state index is 15.1. The fourth-order valence-corrected chi connectivity index (χ4v) is 8.61. The second-order valence-corrected chi connectivity index (χ2v) is 15.5. The number of hydrogen-bond donors (Lipinski definition) is 2. The van der Waals surface area contributed by atoms with Crippen LogP contribution in [0.2, 0.25) is 0 Å². The van der Waals surface area contributed by atoms with Crippen LogP contribution in [0, 0.1) is 17.8 Å². The van der Waals surface area contributed by atoms with Gasteiger partial charge in [-0.3, -0.25) is 9.59 Å². The highest BCUT2D eigenvalue weighted by atomic mass is 16.6. The quantitative estimate of drug-likeness (QED) is 0.325. The Bertz CT molecular complexity index is 2110. The van der Waals surface area contributed by atoms with Crippen molar-refractivity contribution in [1.82, 2.24) is 10.2 Å². The van der Waals surface area contributed by atoms with Gasteiger partial charge in [-0.25, -0.2) is 15.0 Å². The summed E-state index contributed by atoms with van der Waals surface area (Å²) in [7, 11) is 1.38. The fourth-order valence-electron chi connectivity index (χ4n) is 8.61. The van der Waals surface area contributed by atoms with Gasteiger partial charge in [-0.2, -0.15) is 0 Å². The number of carbonyl (C=O) groups is 2. The number of fused-ring (bicyclic) bond motifs is 5. The Balaban J connectivity index is 1.33. The van der Waals surface area contributed by atoms with Crippen molar-refractivity contribution in [3.05, 3.63) is 105 Å². The van der Waals surface area contributed by atoms with Crippen molar-refractivity contribution >= 4 is 29.0 Å². The number of aliphatic imine (C=N–C) groups is 3. The van der Waals surface area contributed by atoms with Gasteiger partial charge in [0, 0.05) is 59.5 Å². The van der Waals surface area contributed by atoms with E-state index in [1.807, 2.05) is 37.3 Å². The highest BCUT2D eigenvalue weighted by Crippen LogP contribution is 2.47. The van der Waals surface area contributed by atoms with E-state index in [1.54, 1.807) is 4.90 Å². The minimum absolute atomic E-state index is 0.0834. The average molecular weight is 824 g/mol. The third kappa shape index (κ3) is 9.03. The van der Waals surface area contributed by atoms with Gasteiger partial charge in [-0.05, 0) is 67.7 Å². The lowest BCUT2D eigenvalue weighted by Gasteiger charge is -2.28. The van der Waals surface area contributed by atoms with Crippen LogP contribution < -0.4 is 5.32 Å². The lowest BCUT2D eigenvalue weighted by atomic mass is 9.84. The molecule has 2 N–H and O–H groups in total. The molecular formula is C46H57N5O9. The molecule has 6 heterocycles. The first-order chi connectivity index (χ1) is 29.1. The van der Waals surface area contributed by atoms with Crippen molar-refractivity contribution in [3.8, 4) is 0 Å². The Morgan fingerprint density at radius 3 is 2.07 bits per heavy atom. The van der Waals surface area contributed by atoms with E-state index in [4.69, 9.17) is 43.4 Å². The number of allylic oxidation sites excluding steroid dienone is 11. The minimum atomic E-state index is -1.08. The molecule has 14 heteroatoms. The van der Waals surface area contributed by atoms with E-state index in [9.17, 15) is 9.90 Å². The summed E-state index contributed by atoms with van der Waals surface area (Å²) in [6.45, 7) is 16.7. The molecule has 2 saturated heterocycles. The summed E-state index contributed by atoms with van der Waals surface area (Å²) in [6, 6.07) is 0. The summed E-state index contributed by atoms with van der Waals surface area (Å²) < 4.78 is 33.7. The standard InChI is InChI=1S/C46H57N5O9/c1-7-31-27(3)36-26-39-32(8-2)28(4)35(49-39)25-37-29(5)33(9-10-40(52)55-6)43(50-37)41-42(45(53)34-23-30(47-44(34)41)24-38(31)48-36)46(54)51-11-13-56-15-17-58-19-21-60-22-20-59-18-16-57-14-12-51/h8,23-26,29,33,42,50,53H,2,7,9-22H2,1,3-6H3/t29-,33-,42+/m0/s1. The molecule has 60 heavy (non-hydrogen) atoms. The van der Waals surface area contributed by atoms with Crippen LogP contribution in [0.1, 0.15) is 47.0 Å². The van der Waals surface area contributed by atoms with Gasteiger partial charge in [0.25, 0.3) is 0 Å². The number of nitrogens with one attached hydrogen (secondary N) is 1. The van der Waals surface area contributed by atoms with Gasteiger partial charge in [-0.15, -0.1) is 0 Å². The van der Waals surface area contributed by atoms with Crippen molar-refractivity contribution in [1.29, 1.82) is 0 Å². The van der Waals surface area contributed by atoms with E-state index in [1.165, 1.54) is 7.11 Å². The zero-order valence-corrected chi connectivity index (χ0v) is 35.4. The predicted octanol–water partition coefficient (Wildman–Crippen LogP) is 5.56. The van der Waals surface area contributed by atoms with Gasteiger partial charge >= 0.3 is 5.97 Å². The molecule has 0 aromatic carbocycles. The first-order valence-electron chi connectivity index (χ1n) is 21.0. The Morgan fingerprint density at radius 2 is 1.47 bits per heavy atom. The second kappa shape index (κ2) is 19.6. The van der Waals surface area contributed by atoms with Crippen molar-refractivity contribution in [2.75, 3.05) is 86.3 Å². The number of nitrogens with zero attached hydrogens (tertiary/aromatic N) is 4. The largest absolute Gasteiger partial charge is 0.510 e. The Labute approximate surface area is 352 Å². The van der Waals surface area contributed by atoms with Crippen LogP contribution in [-0.4, -0.2) is 125 Å². The molecule has 0 aromatic rings. The Kier molecular flexibility index (Phi) is 14.1. The maximum Gasteiger partial charge on any atom is 0.305 e. The van der Waals surface area contributed by atoms with Crippen LogP contribution in [0.25, 0.3) is 0 Å². The van der Waals surface area contributed by atoms with Crippen LogP contribution in [-0.2, 0) is 38.0 Å². The molecule has 1 amide bonds. The number of aliphatic hydroxyl groups is 1. The molecule has 3 atom stereocenters. The number of hydrogen-bond acceptors (Lipinski definition) is 13. The monoisotopic (exact) mass is 823 g/mol. The number of rotatable bonds is 6. The molecule has 8 bridgehead atoms. The minimum Gasteiger partial charge on any atom is -0.510 e. The zero-order chi connectivity index (χ0) is 42.3.